The molecule has 6 nitrogen and oxygen atoms in total. The smallest absolute Gasteiger partial charge is 0.229 e. The van der Waals surface area contributed by atoms with E-state index < -0.39 is 0 Å². The van der Waals surface area contributed by atoms with Crippen LogP contribution < -0.4 is 15.5 Å². The SMILES string of the molecule is CCNC(=NCCCN1CCCC1)NC1CC(=O)N(c2ccccc2)C1. The lowest BCUT2D eigenvalue weighted by Gasteiger charge is -2.19. The van der Waals surface area contributed by atoms with E-state index in [1.165, 1.54) is 25.9 Å². The lowest BCUT2D eigenvalue weighted by Crippen LogP contribution is -2.44. The molecule has 0 radical (unpaired) electrons. The zero-order valence-electron chi connectivity index (χ0n) is 15.8. The van der Waals surface area contributed by atoms with Gasteiger partial charge in [0, 0.05) is 31.7 Å². The molecule has 2 saturated heterocycles. The van der Waals surface area contributed by atoms with Gasteiger partial charge in [0.2, 0.25) is 5.91 Å². The second-order valence-electron chi connectivity index (χ2n) is 7.05. The number of anilines is 1. The third-order valence-electron chi connectivity index (χ3n) is 4.98. The van der Waals surface area contributed by atoms with E-state index in [0.717, 1.165) is 37.7 Å². The highest BCUT2D eigenvalue weighted by molar-refractivity contribution is 5.97. The van der Waals surface area contributed by atoms with Crippen LogP contribution in [0, 0.1) is 0 Å². The van der Waals surface area contributed by atoms with Crippen molar-refractivity contribution in [1.29, 1.82) is 0 Å². The van der Waals surface area contributed by atoms with Gasteiger partial charge in [-0.2, -0.15) is 0 Å². The van der Waals surface area contributed by atoms with Crippen LogP contribution in [0.15, 0.2) is 35.3 Å². The van der Waals surface area contributed by atoms with E-state index in [0.29, 0.717) is 13.0 Å². The Balaban J connectivity index is 1.49. The number of guanidine groups is 1. The van der Waals surface area contributed by atoms with Crippen molar-refractivity contribution < 1.29 is 4.79 Å². The Morgan fingerprint density at radius 3 is 2.73 bits per heavy atom. The number of benzene rings is 1. The maximum atomic E-state index is 12.4. The number of carbonyl (C=O) groups is 1. The summed E-state index contributed by atoms with van der Waals surface area (Å²) >= 11 is 0. The number of nitrogens with zero attached hydrogens (tertiary/aromatic N) is 3. The van der Waals surface area contributed by atoms with E-state index in [-0.39, 0.29) is 11.9 Å². The van der Waals surface area contributed by atoms with Crippen LogP contribution in [-0.4, -0.2) is 62.1 Å². The molecule has 0 aromatic heterocycles. The van der Waals surface area contributed by atoms with Crippen molar-refractivity contribution in [1.82, 2.24) is 15.5 Å². The second-order valence-corrected chi connectivity index (χ2v) is 7.05. The van der Waals surface area contributed by atoms with Gasteiger partial charge in [0.15, 0.2) is 5.96 Å². The molecule has 1 aromatic rings. The lowest BCUT2D eigenvalue weighted by molar-refractivity contribution is -0.117. The minimum atomic E-state index is 0.0964. The third-order valence-corrected chi connectivity index (χ3v) is 4.98. The summed E-state index contributed by atoms with van der Waals surface area (Å²) in [6.45, 7) is 7.99. The summed E-state index contributed by atoms with van der Waals surface area (Å²) < 4.78 is 0. The molecule has 2 N–H and O–H groups in total. The van der Waals surface area contributed by atoms with Crippen LogP contribution in [0.25, 0.3) is 0 Å². The van der Waals surface area contributed by atoms with Crippen molar-refractivity contribution in [2.45, 2.75) is 38.6 Å². The van der Waals surface area contributed by atoms with Crippen molar-refractivity contribution in [2.24, 2.45) is 4.99 Å². The highest BCUT2D eigenvalue weighted by Crippen LogP contribution is 2.20. The summed E-state index contributed by atoms with van der Waals surface area (Å²) in [7, 11) is 0. The number of para-hydroxylation sites is 1. The molecule has 26 heavy (non-hydrogen) atoms. The number of hydrogen-bond donors (Lipinski definition) is 2. The molecular formula is C20H31N5O. The number of rotatable bonds is 7. The number of aliphatic imine (C=N–C) groups is 1. The highest BCUT2D eigenvalue weighted by atomic mass is 16.2. The van der Waals surface area contributed by atoms with Crippen LogP contribution in [-0.2, 0) is 4.79 Å². The van der Waals surface area contributed by atoms with E-state index in [2.05, 4.69) is 22.5 Å². The largest absolute Gasteiger partial charge is 0.357 e. The molecule has 1 aromatic carbocycles. The molecule has 2 heterocycles. The number of carbonyl (C=O) groups excluding carboxylic acids is 1. The molecule has 1 amide bonds. The average molecular weight is 358 g/mol. The van der Waals surface area contributed by atoms with Gasteiger partial charge in [-0.15, -0.1) is 0 Å². The summed E-state index contributed by atoms with van der Waals surface area (Å²) in [5.41, 5.74) is 0.967. The van der Waals surface area contributed by atoms with Gasteiger partial charge < -0.3 is 20.4 Å². The predicted molar refractivity (Wildman–Crippen MR) is 107 cm³/mol. The first-order valence-electron chi connectivity index (χ1n) is 9.89. The van der Waals surface area contributed by atoms with Crippen molar-refractivity contribution in [3.8, 4) is 0 Å². The lowest BCUT2D eigenvalue weighted by atomic mass is 10.2. The van der Waals surface area contributed by atoms with Crippen LogP contribution in [0.4, 0.5) is 5.69 Å². The number of hydrogen-bond acceptors (Lipinski definition) is 3. The molecule has 142 valence electrons. The van der Waals surface area contributed by atoms with Crippen LogP contribution in [0.2, 0.25) is 0 Å². The van der Waals surface area contributed by atoms with E-state index in [4.69, 9.17) is 4.99 Å². The van der Waals surface area contributed by atoms with Crippen molar-refractivity contribution in [3.63, 3.8) is 0 Å². The van der Waals surface area contributed by atoms with Gasteiger partial charge in [-0.05, 0) is 58.0 Å². The first kappa shape index (κ1) is 18.7. The van der Waals surface area contributed by atoms with E-state index in [1.54, 1.807) is 0 Å². The fourth-order valence-corrected chi connectivity index (χ4v) is 3.67. The maximum absolute atomic E-state index is 12.4. The molecule has 0 saturated carbocycles. The molecular weight excluding hydrogens is 326 g/mol. The Bertz CT molecular complexity index is 597. The zero-order valence-corrected chi connectivity index (χ0v) is 15.8. The summed E-state index contributed by atoms with van der Waals surface area (Å²) in [4.78, 5) is 21.4. The van der Waals surface area contributed by atoms with Crippen LogP contribution in [0.3, 0.4) is 0 Å². The average Bonchev–Trinajstić information content (AvgIpc) is 3.29. The van der Waals surface area contributed by atoms with Gasteiger partial charge in [-0.1, -0.05) is 18.2 Å². The zero-order chi connectivity index (χ0) is 18.2. The summed E-state index contributed by atoms with van der Waals surface area (Å²) in [5, 5.41) is 6.74. The minimum absolute atomic E-state index is 0.0964. The molecule has 3 rings (SSSR count). The first-order chi connectivity index (χ1) is 12.8. The first-order valence-corrected chi connectivity index (χ1v) is 9.89. The predicted octanol–water partition coefficient (Wildman–Crippen LogP) is 1.83. The Hall–Kier alpha value is -2.08. The minimum Gasteiger partial charge on any atom is -0.357 e. The molecule has 0 aliphatic carbocycles. The van der Waals surface area contributed by atoms with E-state index >= 15 is 0 Å². The van der Waals surface area contributed by atoms with Crippen LogP contribution >= 0.6 is 0 Å². The molecule has 0 spiro atoms. The second kappa shape index (κ2) is 9.57. The van der Waals surface area contributed by atoms with Gasteiger partial charge in [-0.3, -0.25) is 9.79 Å². The van der Waals surface area contributed by atoms with Crippen molar-refractivity contribution >= 4 is 17.6 Å². The Kier molecular flexibility index (Phi) is 6.89. The number of likely N-dealkylation sites (tertiary alicyclic amines) is 1. The van der Waals surface area contributed by atoms with Crippen LogP contribution in [0.1, 0.15) is 32.6 Å². The van der Waals surface area contributed by atoms with Crippen molar-refractivity contribution in [3.05, 3.63) is 30.3 Å². The molecule has 1 atom stereocenters. The topological polar surface area (TPSA) is 60.0 Å². The fourth-order valence-electron chi connectivity index (χ4n) is 3.67. The third kappa shape index (κ3) is 5.21. The summed E-state index contributed by atoms with van der Waals surface area (Å²) in [6, 6.07) is 9.97. The normalized spacial score (nSPS) is 21.4. The Morgan fingerprint density at radius 1 is 1.23 bits per heavy atom. The number of amides is 1. The fraction of sp³-hybridized carbons (Fsp3) is 0.600. The Morgan fingerprint density at radius 2 is 2.00 bits per heavy atom. The molecule has 1 unspecified atom stereocenters. The van der Waals surface area contributed by atoms with Gasteiger partial charge in [0.25, 0.3) is 0 Å². The van der Waals surface area contributed by atoms with Crippen molar-refractivity contribution in [2.75, 3.05) is 44.2 Å². The van der Waals surface area contributed by atoms with E-state index in [1.807, 2.05) is 35.2 Å². The maximum Gasteiger partial charge on any atom is 0.229 e. The van der Waals surface area contributed by atoms with E-state index in [9.17, 15) is 4.79 Å². The van der Waals surface area contributed by atoms with Crippen LogP contribution in [0.5, 0.6) is 0 Å². The molecule has 2 aliphatic heterocycles. The summed E-state index contributed by atoms with van der Waals surface area (Å²) in [6.07, 6.45) is 4.26. The van der Waals surface area contributed by atoms with Gasteiger partial charge in [-0.25, -0.2) is 0 Å². The highest BCUT2D eigenvalue weighted by Gasteiger charge is 2.31. The standard InChI is InChI=1S/C20H31N5O/c1-2-21-20(22-11-8-14-24-12-6-7-13-24)23-17-15-19(26)25(16-17)18-9-4-3-5-10-18/h3-5,9-10,17H,2,6-8,11-16H2,1H3,(H2,21,22,23). The van der Waals surface area contributed by atoms with Gasteiger partial charge in [0.1, 0.15) is 0 Å². The van der Waals surface area contributed by atoms with Gasteiger partial charge in [0.05, 0.1) is 6.04 Å². The molecule has 2 fully saturated rings. The monoisotopic (exact) mass is 357 g/mol. The molecule has 6 heteroatoms. The Labute approximate surface area is 156 Å². The molecule has 2 aliphatic rings. The number of nitrogens with one attached hydrogen (secondary N) is 2. The molecule has 0 bridgehead atoms. The van der Waals surface area contributed by atoms with Gasteiger partial charge >= 0.3 is 0 Å². The quantitative estimate of drug-likeness (QED) is 0.444. The summed E-state index contributed by atoms with van der Waals surface area (Å²) in [5.74, 6) is 0.986.